The second-order valence-electron chi connectivity index (χ2n) is 7.20. The Labute approximate surface area is 144 Å². The van der Waals surface area contributed by atoms with Crippen LogP contribution in [0.5, 0.6) is 0 Å². The molecule has 1 aromatic rings. The molecule has 1 saturated heterocycles. The van der Waals surface area contributed by atoms with Gasteiger partial charge in [-0.2, -0.15) is 0 Å². The van der Waals surface area contributed by atoms with E-state index in [9.17, 15) is 9.59 Å². The van der Waals surface area contributed by atoms with Crippen LogP contribution in [0, 0.1) is 0 Å². The summed E-state index contributed by atoms with van der Waals surface area (Å²) in [5.41, 5.74) is 1.54. The van der Waals surface area contributed by atoms with Crippen molar-refractivity contribution in [3.63, 3.8) is 0 Å². The number of piperidine rings is 1. The van der Waals surface area contributed by atoms with Crippen molar-refractivity contribution >= 4 is 23.3 Å². The van der Waals surface area contributed by atoms with Crippen molar-refractivity contribution in [1.82, 2.24) is 10.6 Å². The normalized spacial score (nSPS) is 14.9. The number of urea groups is 1. The number of anilines is 2. The molecule has 0 unspecified atom stereocenters. The molecular formula is C18H28N4O2. The second kappa shape index (κ2) is 8.04. The fourth-order valence-electron chi connectivity index (χ4n) is 2.73. The van der Waals surface area contributed by atoms with E-state index in [-0.39, 0.29) is 24.0 Å². The highest BCUT2D eigenvalue weighted by Gasteiger charge is 2.15. The maximum Gasteiger partial charge on any atom is 0.319 e. The lowest BCUT2D eigenvalue weighted by Gasteiger charge is -2.29. The summed E-state index contributed by atoms with van der Waals surface area (Å²) in [5, 5.41) is 8.16. The van der Waals surface area contributed by atoms with Crippen LogP contribution >= 0.6 is 0 Å². The lowest BCUT2D eigenvalue weighted by Crippen LogP contribution is -2.46. The maximum absolute atomic E-state index is 12.0. The minimum atomic E-state index is -0.380. The summed E-state index contributed by atoms with van der Waals surface area (Å²) in [7, 11) is 0. The zero-order chi connectivity index (χ0) is 17.6. The van der Waals surface area contributed by atoms with Crippen LogP contribution in [0.2, 0.25) is 0 Å². The van der Waals surface area contributed by atoms with E-state index >= 15 is 0 Å². The van der Waals surface area contributed by atoms with Gasteiger partial charge in [-0.15, -0.1) is 0 Å². The Hall–Kier alpha value is -2.24. The van der Waals surface area contributed by atoms with Gasteiger partial charge in [0.1, 0.15) is 0 Å². The molecule has 1 aliphatic rings. The highest BCUT2D eigenvalue weighted by Crippen LogP contribution is 2.22. The molecular weight excluding hydrogens is 304 g/mol. The van der Waals surface area contributed by atoms with E-state index in [2.05, 4.69) is 26.9 Å². The average Bonchev–Trinajstić information content (AvgIpc) is 2.52. The van der Waals surface area contributed by atoms with Gasteiger partial charge in [0.15, 0.2) is 0 Å². The van der Waals surface area contributed by atoms with Crippen LogP contribution in [0.25, 0.3) is 0 Å². The molecule has 1 fully saturated rings. The molecule has 1 aromatic carbocycles. The van der Waals surface area contributed by atoms with Crippen molar-refractivity contribution in [3.8, 4) is 0 Å². The Morgan fingerprint density at radius 3 is 2.50 bits per heavy atom. The largest absolute Gasteiger partial charge is 0.371 e. The molecule has 6 nitrogen and oxygen atoms in total. The third-order valence-corrected chi connectivity index (χ3v) is 3.75. The first-order chi connectivity index (χ1) is 11.3. The van der Waals surface area contributed by atoms with E-state index in [0.29, 0.717) is 0 Å². The maximum atomic E-state index is 12.0. The van der Waals surface area contributed by atoms with Gasteiger partial charge in [0.05, 0.1) is 6.54 Å². The first-order valence-corrected chi connectivity index (χ1v) is 8.54. The van der Waals surface area contributed by atoms with Crippen LogP contribution in [0.3, 0.4) is 0 Å². The van der Waals surface area contributed by atoms with Gasteiger partial charge in [-0.1, -0.05) is 6.07 Å². The summed E-state index contributed by atoms with van der Waals surface area (Å²) in [6, 6.07) is 7.44. The molecule has 132 valence electrons. The van der Waals surface area contributed by atoms with E-state index in [0.717, 1.165) is 24.5 Å². The quantitative estimate of drug-likeness (QED) is 0.794. The van der Waals surface area contributed by atoms with E-state index in [1.807, 2.05) is 39.0 Å². The van der Waals surface area contributed by atoms with Gasteiger partial charge in [0.25, 0.3) is 0 Å². The second-order valence-corrected chi connectivity index (χ2v) is 7.20. The van der Waals surface area contributed by atoms with Gasteiger partial charge in [-0.3, -0.25) is 4.79 Å². The molecule has 0 saturated carbocycles. The predicted molar refractivity (Wildman–Crippen MR) is 97.4 cm³/mol. The first kappa shape index (κ1) is 18.1. The summed E-state index contributed by atoms with van der Waals surface area (Å²) in [6.07, 6.45) is 3.70. The van der Waals surface area contributed by atoms with Crippen LogP contribution in [-0.4, -0.2) is 37.1 Å². The number of rotatable bonds is 4. The Bertz CT molecular complexity index is 575. The topological polar surface area (TPSA) is 73.5 Å². The SMILES string of the molecule is CC(C)(C)NC(=O)CNC(=O)Nc1cccc(N2CCCCC2)c1. The zero-order valence-corrected chi connectivity index (χ0v) is 14.8. The fraction of sp³-hybridized carbons (Fsp3) is 0.556. The van der Waals surface area contributed by atoms with Crippen LogP contribution in [0.15, 0.2) is 24.3 Å². The number of nitrogens with zero attached hydrogens (tertiary/aromatic N) is 1. The van der Waals surface area contributed by atoms with E-state index in [1.54, 1.807) is 0 Å². The van der Waals surface area contributed by atoms with Crippen LogP contribution in [-0.2, 0) is 4.79 Å². The zero-order valence-electron chi connectivity index (χ0n) is 14.8. The molecule has 0 atom stereocenters. The standard InChI is InChI=1S/C18H28N4O2/c1-18(2,3)21-16(23)13-19-17(24)20-14-8-7-9-15(12-14)22-10-5-4-6-11-22/h7-9,12H,4-6,10-11,13H2,1-3H3,(H,21,23)(H2,19,20,24). The average molecular weight is 332 g/mol. The monoisotopic (exact) mass is 332 g/mol. The number of hydrogen-bond donors (Lipinski definition) is 3. The Kier molecular flexibility index (Phi) is 6.06. The number of amides is 3. The molecule has 1 aliphatic heterocycles. The molecule has 24 heavy (non-hydrogen) atoms. The van der Waals surface area contributed by atoms with Gasteiger partial charge < -0.3 is 20.9 Å². The van der Waals surface area contributed by atoms with Crippen LogP contribution in [0.4, 0.5) is 16.2 Å². The molecule has 6 heteroatoms. The third kappa shape index (κ3) is 6.10. The summed E-state index contributed by atoms with van der Waals surface area (Å²) in [4.78, 5) is 26.0. The minimum Gasteiger partial charge on any atom is -0.371 e. The highest BCUT2D eigenvalue weighted by atomic mass is 16.2. The smallest absolute Gasteiger partial charge is 0.319 e. The molecule has 3 N–H and O–H groups in total. The number of nitrogens with one attached hydrogen (secondary N) is 3. The minimum absolute atomic E-state index is 0.0467. The van der Waals surface area contributed by atoms with Crippen LogP contribution < -0.4 is 20.9 Å². The third-order valence-electron chi connectivity index (χ3n) is 3.75. The molecule has 2 rings (SSSR count). The van der Waals surface area contributed by atoms with Crippen molar-refractivity contribution < 1.29 is 9.59 Å². The van der Waals surface area contributed by atoms with E-state index in [1.165, 1.54) is 19.3 Å². The summed E-state index contributed by atoms with van der Waals surface area (Å²) in [6.45, 7) is 7.77. The number of carbonyl (C=O) groups excluding carboxylic acids is 2. The number of carbonyl (C=O) groups is 2. The van der Waals surface area contributed by atoms with Gasteiger partial charge in [0, 0.05) is 30.0 Å². The van der Waals surface area contributed by atoms with Crippen LogP contribution in [0.1, 0.15) is 40.0 Å². The molecule has 0 bridgehead atoms. The summed E-state index contributed by atoms with van der Waals surface area (Å²) in [5.74, 6) is -0.209. The van der Waals surface area contributed by atoms with Crippen molar-refractivity contribution in [2.75, 3.05) is 29.9 Å². The van der Waals surface area contributed by atoms with Crippen molar-refractivity contribution in [3.05, 3.63) is 24.3 Å². The van der Waals surface area contributed by atoms with Gasteiger partial charge in [-0.05, 0) is 58.2 Å². The van der Waals surface area contributed by atoms with Gasteiger partial charge in [0.2, 0.25) is 5.91 Å². The van der Waals surface area contributed by atoms with Crippen molar-refractivity contribution in [1.29, 1.82) is 0 Å². The first-order valence-electron chi connectivity index (χ1n) is 8.54. The Morgan fingerprint density at radius 1 is 1.12 bits per heavy atom. The predicted octanol–water partition coefficient (Wildman–Crippen LogP) is 2.71. The Morgan fingerprint density at radius 2 is 1.83 bits per heavy atom. The van der Waals surface area contributed by atoms with E-state index in [4.69, 9.17) is 0 Å². The number of hydrogen-bond acceptors (Lipinski definition) is 3. The van der Waals surface area contributed by atoms with E-state index < -0.39 is 0 Å². The van der Waals surface area contributed by atoms with Crippen molar-refractivity contribution in [2.24, 2.45) is 0 Å². The lowest BCUT2D eigenvalue weighted by atomic mass is 10.1. The highest BCUT2D eigenvalue weighted by molar-refractivity contribution is 5.92. The molecule has 0 aromatic heterocycles. The molecule has 0 spiro atoms. The molecule has 3 amide bonds. The Balaban J connectivity index is 1.84. The number of benzene rings is 1. The van der Waals surface area contributed by atoms with Crippen molar-refractivity contribution in [2.45, 2.75) is 45.6 Å². The molecule has 1 heterocycles. The summed E-state index contributed by atoms with van der Waals surface area (Å²) < 4.78 is 0. The molecule has 0 radical (unpaired) electrons. The van der Waals surface area contributed by atoms with Gasteiger partial charge >= 0.3 is 6.03 Å². The summed E-state index contributed by atoms with van der Waals surface area (Å²) >= 11 is 0. The lowest BCUT2D eigenvalue weighted by molar-refractivity contribution is -0.121. The van der Waals surface area contributed by atoms with Gasteiger partial charge in [-0.25, -0.2) is 4.79 Å². The molecule has 0 aliphatic carbocycles. The fourth-order valence-corrected chi connectivity index (χ4v) is 2.73.